The van der Waals surface area contributed by atoms with E-state index in [0.717, 1.165) is 23.6 Å². The smallest absolute Gasteiger partial charge is 0.194 e. The van der Waals surface area contributed by atoms with Gasteiger partial charge in [0.05, 0.1) is 31.2 Å². The molecule has 0 spiro atoms. The fourth-order valence-corrected chi connectivity index (χ4v) is 2.72. The molecule has 1 aromatic carbocycles. The van der Waals surface area contributed by atoms with Gasteiger partial charge in [0.15, 0.2) is 5.96 Å². The normalized spacial score (nSPS) is 12.3. The molecule has 3 aromatic rings. The Kier molecular flexibility index (Phi) is 8.52. The standard InChI is InChI=1S/C20H25N5O2.HI/c1-3-21-20(23-13-17(26)18-10-7-11-27-18)25(2)14-19-22-12-16(24-19)15-8-5-4-6-9-15;/h4-12,17,26H,3,13-14H2,1-2H3,(H,21,23)(H,22,24);1H. The van der Waals surface area contributed by atoms with Crippen molar-refractivity contribution in [2.45, 2.75) is 19.6 Å². The molecule has 2 heterocycles. The first-order valence-electron chi connectivity index (χ1n) is 8.97. The van der Waals surface area contributed by atoms with Gasteiger partial charge in [0.1, 0.15) is 17.7 Å². The summed E-state index contributed by atoms with van der Waals surface area (Å²) in [7, 11) is 1.94. The molecular weight excluding hydrogens is 469 g/mol. The van der Waals surface area contributed by atoms with Crippen LogP contribution in [0.15, 0.2) is 64.3 Å². The summed E-state index contributed by atoms with van der Waals surface area (Å²) in [6.07, 6.45) is 2.61. The Morgan fingerprint density at radius 1 is 1.29 bits per heavy atom. The molecular formula is C20H26IN5O2. The first kappa shape index (κ1) is 22.0. The second-order valence-electron chi connectivity index (χ2n) is 6.19. The molecule has 0 amide bonds. The zero-order valence-corrected chi connectivity index (χ0v) is 18.3. The van der Waals surface area contributed by atoms with Crippen LogP contribution in [0.1, 0.15) is 24.6 Å². The van der Waals surface area contributed by atoms with Gasteiger partial charge in [-0.05, 0) is 24.6 Å². The predicted octanol–water partition coefficient (Wildman–Crippen LogP) is 3.42. The third-order valence-corrected chi connectivity index (χ3v) is 4.08. The molecule has 0 radical (unpaired) electrons. The van der Waals surface area contributed by atoms with Crippen LogP contribution in [0.3, 0.4) is 0 Å². The number of benzene rings is 1. The van der Waals surface area contributed by atoms with Gasteiger partial charge in [-0.1, -0.05) is 30.3 Å². The Hall–Kier alpha value is -2.33. The van der Waals surface area contributed by atoms with Crippen LogP contribution in [0, 0.1) is 0 Å². The van der Waals surface area contributed by atoms with Crippen molar-refractivity contribution >= 4 is 29.9 Å². The van der Waals surface area contributed by atoms with Crippen molar-refractivity contribution in [1.82, 2.24) is 20.2 Å². The maximum Gasteiger partial charge on any atom is 0.194 e. The lowest BCUT2D eigenvalue weighted by molar-refractivity contribution is 0.158. The fraction of sp³-hybridized carbons (Fsp3) is 0.300. The third-order valence-electron chi connectivity index (χ3n) is 4.08. The zero-order valence-electron chi connectivity index (χ0n) is 16.0. The second-order valence-corrected chi connectivity index (χ2v) is 6.19. The zero-order chi connectivity index (χ0) is 19.1. The monoisotopic (exact) mass is 495 g/mol. The number of nitrogens with zero attached hydrogens (tertiary/aromatic N) is 3. The van der Waals surface area contributed by atoms with Crippen molar-refractivity contribution < 1.29 is 9.52 Å². The number of hydrogen-bond donors (Lipinski definition) is 3. The van der Waals surface area contributed by atoms with E-state index in [4.69, 9.17) is 4.42 Å². The molecule has 1 atom stereocenters. The third kappa shape index (κ3) is 5.83. The first-order chi connectivity index (χ1) is 13.2. The van der Waals surface area contributed by atoms with Gasteiger partial charge in [-0.15, -0.1) is 24.0 Å². The molecule has 1 unspecified atom stereocenters. The van der Waals surface area contributed by atoms with Crippen LogP contribution in [-0.4, -0.2) is 46.1 Å². The number of furan rings is 1. The van der Waals surface area contributed by atoms with Crippen molar-refractivity contribution in [2.75, 3.05) is 20.1 Å². The number of guanidine groups is 1. The van der Waals surface area contributed by atoms with Gasteiger partial charge < -0.3 is 24.7 Å². The Bertz CT molecular complexity index is 849. The summed E-state index contributed by atoms with van der Waals surface area (Å²) in [6.45, 7) is 3.52. The minimum Gasteiger partial charge on any atom is -0.467 e. The van der Waals surface area contributed by atoms with E-state index in [1.807, 2.05) is 55.4 Å². The predicted molar refractivity (Wildman–Crippen MR) is 121 cm³/mol. The Morgan fingerprint density at radius 3 is 2.75 bits per heavy atom. The van der Waals surface area contributed by atoms with Gasteiger partial charge in [0.25, 0.3) is 0 Å². The molecule has 0 bridgehead atoms. The van der Waals surface area contributed by atoms with Crippen molar-refractivity contribution in [3.63, 3.8) is 0 Å². The lowest BCUT2D eigenvalue weighted by Crippen LogP contribution is -2.39. The molecule has 0 aliphatic carbocycles. The summed E-state index contributed by atoms with van der Waals surface area (Å²) >= 11 is 0. The van der Waals surface area contributed by atoms with Crippen LogP contribution in [0.2, 0.25) is 0 Å². The summed E-state index contributed by atoms with van der Waals surface area (Å²) < 4.78 is 5.22. The van der Waals surface area contributed by atoms with Crippen LogP contribution >= 0.6 is 24.0 Å². The van der Waals surface area contributed by atoms with Crippen LogP contribution < -0.4 is 5.32 Å². The minimum atomic E-state index is -0.768. The number of aromatic nitrogens is 2. The molecule has 3 rings (SSSR count). The van der Waals surface area contributed by atoms with Crippen molar-refractivity contribution in [1.29, 1.82) is 0 Å². The number of aliphatic imine (C=N–C) groups is 1. The number of halogens is 1. The van der Waals surface area contributed by atoms with E-state index in [-0.39, 0.29) is 30.5 Å². The highest BCUT2D eigenvalue weighted by atomic mass is 127. The van der Waals surface area contributed by atoms with E-state index in [1.165, 1.54) is 0 Å². The molecule has 8 heteroatoms. The molecule has 0 saturated carbocycles. The van der Waals surface area contributed by atoms with Gasteiger partial charge in [0.2, 0.25) is 0 Å². The summed E-state index contributed by atoms with van der Waals surface area (Å²) in [5.74, 6) is 2.05. The SMILES string of the molecule is CCNC(=NCC(O)c1ccco1)N(C)Cc1ncc(-c2ccccc2)[nH]1.I. The summed E-state index contributed by atoms with van der Waals surface area (Å²) in [5.41, 5.74) is 2.08. The molecule has 0 aliphatic rings. The molecule has 28 heavy (non-hydrogen) atoms. The highest BCUT2D eigenvalue weighted by molar-refractivity contribution is 14.0. The number of hydrogen-bond acceptors (Lipinski definition) is 4. The van der Waals surface area contributed by atoms with Crippen molar-refractivity contribution in [2.24, 2.45) is 4.99 Å². The lowest BCUT2D eigenvalue weighted by Gasteiger charge is -2.21. The van der Waals surface area contributed by atoms with E-state index < -0.39 is 6.10 Å². The number of rotatable bonds is 7. The summed E-state index contributed by atoms with van der Waals surface area (Å²) in [5, 5.41) is 13.4. The van der Waals surface area contributed by atoms with Gasteiger partial charge in [-0.25, -0.2) is 9.98 Å². The molecule has 0 fully saturated rings. The van der Waals surface area contributed by atoms with Gasteiger partial charge in [-0.3, -0.25) is 0 Å². The van der Waals surface area contributed by atoms with Gasteiger partial charge in [-0.2, -0.15) is 0 Å². The highest BCUT2D eigenvalue weighted by Gasteiger charge is 2.13. The topological polar surface area (TPSA) is 89.7 Å². The second kappa shape index (κ2) is 10.9. The van der Waals surface area contributed by atoms with Gasteiger partial charge in [0, 0.05) is 13.6 Å². The Balaban J connectivity index is 0.00000280. The number of aliphatic hydroxyl groups is 1. The van der Waals surface area contributed by atoms with Crippen molar-refractivity contribution in [3.8, 4) is 11.3 Å². The quantitative estimate of drug-likeness (QED) is 0.266. The fourth-order valence-electron chi connectivity index (χ4n) is 2.72. The van der Waals surface area contributed by atoms with Crippen LogP contribution in [-0.2, 0) is 6.54 Å². The molecule has 0 saturated heterocycles. The van der Waals surface area contributed by atoms with Crippen LogP contribution in [0.4, 0.5) is 0 Å². The average Bonchev–Trinajstić information content (AvgIpc) is 3.37. The first-order valence-corrected chi connectivity index (χ1v) is 8.97. The number of H-pyrrole nitrogens is 1. The minimum absolute atomic E-state index is 0. The summed E-state index contributed by atoms with van der Waals surface area (Å²) in [6, 6.07) is 13.6. The highest BCUT2D eigenvalue weighted by Crippen LogP contribution is 2.17. The molecule has 150 valence electrons. The van der Waals surface area contributed by atoms with E-state index >= 15 is 0 Å². The Labute approximate surface area is 181 Å². The van der Waals surface area contributed by atoms with Crippen LogP contribution in [0.5, 0.6) is 0 Å². The van der Waals surface area contributed by atoms with Crippen LogP contribution in [0.25, 0.3) is 11.3 Å². The average molecular weight is 495 g/mol. The Morgan fingerprint density at radius 2 is 2.07 bits per heavy atom. The van der Waals surface area contributed by atoms with E-state index in [2.05, 4.69) is 20.3 Å². The molecule has 2 aromatic heterocycles. The van der Waals surface area contributed by atoms with E-state index in [1.54, 1.807) is 18.4 Å². The van der Waals surface area contributed by atoms with Gasteiger partial charge >= 0.3 is 0 Å². The lowest BCUT2D eigenvalue weighted by atomic mass is 10.2. The largest absolute Gasteiger partial charge is 0.467 e. The maximum absolute atomic E-state index is 10.2. The molecule has 0 aliphatic heterocycles. The van der Waals surface area contributed by atoms with E-state index in [0.29, 0.717) is 18.3 Å². The number of aromatic amines is 1. The summed E-state index contributed by atoms with van der Waals surface area (Å²) in [4.78, 5) is 14.3. The molecule has 3 N–H and O–H groups in total. The molecule has 7 nitrogen and oxygen atoms in total. The van der Waals surface area contributed by atoms with E-state index in [9.17, 15) is 5.11 Å². The maximum atomic E-state index is 10.2. The number of aliphatic hydroxyl groups excluding tert-OH is 1. The van der Waals surface area contributed by atoms with Crippen molar-refractivity contribution in [3.05, 3.63) is 66.5 Å². The number of nitrogens with one attached hydrogen (secondary N) is 2. The number of imidazole rings is 1.